The van der Waals surface area contributed by atoms with Crippen molar-refractivity contribution in [3.8, 4) is 0 Å². The first kappa shape index (κ1) is 10.6. The zero-order valence-corrected chi connectivity index (χ0v) is 10.3. The van der Waals surface area contributed by atoms with E-state index in [1.807, 2.05) is 24.3 Å². The molecule has 0 aliphatic carbocycles. The third kappa shape index (κ3) is 2.35. The van der Waals surface area contributed by atoms with Gasteiger partial charge in [-0.3, -0.25) is 9.69 Å². The number of halogens is 1. The van der Waals surface area contributed by atoms with Gasteiger partial charge in [0.05, 0.1) is 13.1 Å². The number of hydrogen-bond donors (Lipinski definition) is 1. The summed E-state index contributed by atoms with van der Waals surface area (Å²) in [6, 6.07) is 7.84. The summed E-state index contributed by atoms with van der Waals surface area (Å²) >= 11 is 8.39. The summed E-state index contributed by atoms with van der Waals surface area (Å²) in [5.74, 6) is 0.0305. The molecule has 0 aromatic heterocycles. The van der Waals surface area contributed by atoms with Gasteiger partial charge in [0.15, 0.2) is 5.11 Å². The van der Waals surface area contributed by atoms with Crippen LogP contribution in [0.15, 0.2) is 28.7 Å². The molecule has 0 bridgehead atoms. The highest BCUT2D eigenvalue weighted by molar-refractivity contribution is 9.10. The summed E-state index contributed by atoms with van der Waals surface area (Å²) < 4.78 is 1.03. The van der Waals surface area contributed by atoms with Gasteiger partial charge >= 0.3 is 0 Å². The van der Waals surface area contributed by atoms with Crippen molar-refractivity contribution in [3.63, 3.8) is 0 Å². The highest BCUT2D eigenvalue weighted by atomic mass is 79.9. The molecule has 0 saturated carbocycles. The van der Waals surface area contributed by atoms with Gasteiger partial charge in [-0.1, -0.05) is 28.1 Å². The van der Waals surface area contributed by atoms with Gasteiger partial charge in [-0.15, -0.1) is 0 Å². The van der Waals surface area contributed by atoms with Crippen LogP contribution >= 0.6 is 28.1 Å². The molecule has 1 N–H and O–H groups in total. The van der Waals surface area contributed by atoms with E-state index in [9.17, 15) is 4.79 Å². The van der Waals surface area contributed by atoms with Crippen LogP contribution in [0.25, 0.3) is 0 Å². The molecule has 1 aromatic rings. The molecule has 0 unspecified atom stereocenters. The molecule has 5 heteroatoms. The van der Waals surface area contributed by atoms with E-state index in [-0.39, 0.29) is 5.91 Å². The van der Waals surface area contributed by atoms with Crippen LogP contribution in [0.5, 0.6) is 0 Å². The zero-order valence-electron chi connectivity index (χ0n) is 7.87. The molecular formula is C10H9BrN2OS. The Morgan fingerprint density at radius 1 is 1.40 bits per heavy atom. The summed E-state index contributed by atoms with van der Waals surface area (Å²) in [6.45, 7) is 0.854. The highest BCUT2D eigenvalue weighted by Gasteiger charge is 2.24. The average Bonchev–Trinajstić information content (AvgIpc) is 2.53. The maximum Gasteiger partial charge on any atom is 0.248 e. The van der Waals surface area contributed by atoms with Crippen LogP contribution < -0.4 is 5.32 Å². The van der Waals surface area contributed by atoms with Crippen molar-refractivity contribution in [2.45, 2.75) is 6.54 Å². The molecule has 0 radical (unpaired) electrons. The number of benzene rings is 1. The van der Waals surface area contributed by atoms with E-state index >= 15 is 0 Å². The van der Waals surface area contributed by atoms with Crippen molar-refractivity contribution < 1.29 is 4.79 Å². The van der Waals surface area contributed by atoms with Crippen molar-refractivity contribution in [1.29, 1.82) is 0 Å². The van der Waals surface area contributed by atoms with Gasteiger partial charge in [0.2, 0.25) is 5.91 Å². The van der Waals surface area contributed by atoms with E-state index < -0.39 is 0 Å². The number of nitrogens with one attached hydrogen (secondary N) is 1. The second-order valence-corrected chi connectivity index (χ2v) is 4.57. The monoisotopic (exact) mass is 284 g/mol. The number of carbonyl (C=O) groups excluding carboxylic acids is 1. The van der Waals surface area contributed by atoms with Crippen molar-refractivity contribution in [3.05, 3.63) is 34.3 Å². The van der Waals surface area contributed by atoms with E-state index in [4.69, 9.17) is 12.2 Å². The van der Waals surface area contributed by atoms with Gasteiger partial charge in [0.1, 0.15) is 0 Å². The second kappa shape index (κ2) is 4.28. The van der Waals surface area contributed by atoms with Gasteiger partial charge in [-0.25, -0.2) is 0 Å². The number of nitrogens with zero attached hydrogens (tertiary/aromatic N) is 1. The lowest BCUT2D eigenvalue weighted by Gasteiger charge is -2.14. The molecule has 15 heavy (non-hydrogen) atoms. The molecule has 0 spiro atoms. The normalized spacial score (nSPS) is 15.7. The minimum absolute atomic E-state index is 0.0305. The van der Waals surface area contributed by atoms with Crippen LogP contribution in [0.2, 0.25) is 0 Å². The van der Waals surface area contributed by atoms with Gasteiger partial charge < -0.3 is 5.32 Å². The van der Waals surface area contributed by atoms with Gasteiger partial charge in [-0.05, 0) is 29.9 Å². The van der Waals surface area contributed by atoms with E-state index in [0.717, 1.165) is 10.0 Å². The van der Waals surface area contributed by atoms with Crippen molar-refractivity contribution in [2.24, 2.45) is 0 Å². The molecule has 1 aromatic carbocycles. The topological polar surface area (TPSA) is 32.3 Å². The van der Waals surface area contributed by atoms with Crippen molar-refractivity contribution in [2.75, 3.05) is 6.54 Å². The molecule has 1 saturated heterocycles. The van der Waals surface area contributed by atoms with Crippen LogP contribution in [-0.4, -0.2) is 22.5 Å². The molecule has 78 valence electrons. The first-order chi connectivity index (χ1) is 7.16. The van der Waals surface area contributed by atoms with E-state index in [2.05, 4.69) is 21.2 Å². The molecule has 2 rings (SSSR count). The number of amides is 1. The Morgan fingerprint density at radius 3 is 2.60 bits per heavy atom. The Labute approximate surface area is 102 Å². The lowest BCUT2D eigenvalue weighted by atomic mass is 10.2. The number of thiocarbonyl (C=S) groups is 1. The highest BCUT2D eigenvalue weighted by Crippen LogP contribution is 2.13. The Morgan fingerprint density at radius 2 is 2.07 bits per heavy atom. The van der Waals surface area contributed by atoms with E-state index in [0.29, 0.717) is 18.2 Å². The fourth-order valence-corrected chi connectivity index (χ4v) is 1.89. The third-order valence-electron chi connectivity index (χ3n) is 2.19. The molecule has 1 heterocycles. The predicted octanol–water partition coefficient (Wildman–Crippen LogP) is 1.67. The van der Waals surface area contributed by atoms with Crippen LogP contribution in [0.1, 0.15) is 5.56 Å². The lowest BCUT2D eigenvalue weighted by molar-refractivity contribution is -0.124. The first-order valence-corrected chi connectivity index (χ1v) is 5.69. The fourth-order valence-electron chi connectivity index (χ4n) is 1.39. The van der Waals surface area contributed by atoms with Gasteiger partial charge in [0, 0.05) is 4.47 Å². The van der Waals surface area contributed by atoms with E-state index in [1.54, 1.807) is 4.90 Å². The largest absolute Gasteiger partial charge is 0.353 e. The first-order valence-electron chi connectivity index (χ1n) is 4.49. The Bertz CT molecular complexity index is 388. The lowest BCUT2D eigenvalue weighted by Crippen LogP contribution is -2.30. The summed E-state index contributed by atoms with van der Waals surface area (Å²) in [6.07, 6.45) is 0. The minimum atomic E-state index is 0.0305. The summed E-state index contributed by atoms with van der Waals surface area (Å²) in [5.41, 5.74) is 1.07. The second-order valence-electron chi connectivity index (χ2n) is 3.27. The zero-order chi connectivity index (χ0) is 10.8. The molecule has 1 amide bonds. The third-order valence-corrected chi connectivity index (χ3v) is 3.08. The van der Waals surface area contributed by atoms with Crippen LogP contribution in [0, 0.1) is 0 Å². The summed E-state index contributed by atoms with van der Waals surface area (Å²) in [5, 5.41) is 3.37. The SMILES string of the molecule is O=C1CNC(=S)N1Cc1ccc(Br)cc1. The molecular weight excluding hydrogens is 276 g/mol. The van der Waals surface area contributed by atoms with Crippen LogP contribution in [0.3, 0.4) is 0 Å². The molecule has 1 aliphatic rings. The molecule has 1 fully saturated rings. The number of hydrogen-bond acceptors (Lipinski definition) is 2. The van der Waals surface area contributed by atoms with Gasteiger partial charge in [-0.2, -0.15) is 0 Å². The fraction of sp³-hybridized carbons (Fsp3) is 0.200. The Balaban J connectivity index is 2.11. The molecule has 3 nitrogen and oxygen atoms in total. The molecule has 0 atom stereocenters. The smallest absolute Gasteiger partial charge is 0.248 e. The number of rotatable bonds is 2. The maximum absolute atomic E-state index is 11.4. The Hall–Kier alpha value is -0.940. The predicted molar refractivity (Wildman–Crippen MR) is 65.3 cm³/mol. The standard InChI is InChI=1S/C10H9BrN2OS/c11-8-3-1-7(2-4-8)6-13-9(14)5-12-10(13)15/h1-4H,5-6H2,(H,12,15). The average molecular weight is 285 g/mol. The maximum atomic E-state index is 11.4. The molecule has 1 aliphatic heterocycles. The minimum Gasteiger partial charge on any atom is -0.353 e. The van der Waals surface area contributed by atoms with Crippen molar-refractivity contribution in [1.82, 2.24) is 10.2 Å². The number of carbonyl (C=O) groups is 1. The van der Waals surface area contributed by atoms with Gasteiger partial charge in [0.25, 0.3) is 0 Å². The van der Waals surface area contributed by atoms with Crippen LogP contribution in [0.4, 0.5) is 0 Å². The summed E-state index contributed by atoms with van der Waals surface area (Å²) in [4.78, 5) is 13.0. The van der Waals surface area contributed by atoms with E-state index in [1.165, 1.54) is 0 Å². The van der Waals surface area contributed by atoms with Crippen molar-refractivity contribution >= 4 is 39.2 Å². The summed E-state index contributed by atoms with van der Waals surface area (Å²) in [7, 11) is 0. The van der Waals surface area contributed by atoms with Crippen LogP contribution in [-0.2, 0) is 11.3 Å². The quantitative estimate of drug-likeness (QED) is 0.839. The Kier molecular flexibility index (Phi) is 3.02.